The summed E-state index contributed by atoms with van der Waals surface area (Å²) in [6.07, 6.45) is -12.7. The van der Waals surface area contributed by atoms with Crippen molar-refractivity contribution < 1.29 is 57.5 Å². The molecule has 0 spiro atoms. The van der Waals surface area contributed by atoms with E-state index in [-0.39, 0.29) is 23.4 Å². The minimum absolute atomic E-state index is 0.125. The summed E-state index contributed by atoms with van der Waals surface area (Å²) in [6.45, 7) is -0.620. The first-order valence-corrected chi connectivity index (χ1v) is 16.4. The van der Waals surface area contributed by atoms with Crippen LogP contribution in [0.2, 0.25) is 0 Å². The third-order valence-corrected chi connectivity index (χ3v) is 11.5. The number of halogens is 9. The summed E-state index contributed by atoms with van der Waals surface area (Å²) in [6, 6.07) is 7.65. The lowest BCUT2D eigenvalue weighted by atomic mass is 9.88. The van der Waals surface area contributed by atoms with E-state index in [0.717, 1.165) is 42.5 Å². The number of likely N-dealkylation sites (N-methyl/N-ethyl adjacent to an activating group) is 1. The van der Waals surface area contributed by atoms with Crippen molar-refractivity contribution in [1.82, 2.24) is 14.7 Å². The highest BCUT2D eigenvalue weighted by Gasteiger charge is 2.73. The molecule has 17 heteroatoms. The Kier molecular flexibility index (Phi) is 9.77. The van der Waals surface area contributed by atoms with Crippen molar-refractivity contribution >= 4 is 15.9 Å². The Labute approximate surface area is 275 Å². The van der Waals surface area contributed by atoms with Gasteiger partial charge in [-0.25, -0.2) is 26.4 Å². The lowest BCUT2D eigenvalue weighted by Gasteiger charge is -2.38. The number of carbonyl (C=O) groups is 1. The molecule has 0 bridgehead atoms. The second-order valence-electron chi connectivity index (χ2n) is 11.9. The van der Waals surface area contributed by atoms with E-state index in [1.54, 1.807) is 0 Å². The molecule has 2 saturated heterocycles. The molecule has 2 aliphatic rings. The lowest BCUT2D eigenvalue weighted by molar-refractivity contribution is -0.392. The maximum Gasteiger partial charge on any atom is 0.430 e. The van der Waals surface area contributed by atoms with Crippen molar-refractivity contribution in [3.63, 3.8) is 0 Å². The molecule has 0 aromatic heterocycles. The molecule has 2 fully saturated rings. The van der Waals surface area contributed by atoms with Gasteiger partial charge in [0.2, 0.25) is 0 Å². The molecule has 7 nitrogen and oxygen atoms in total. The van der Waals surface area contributed by atoms with E-state index in [1.807, 2.05) is 11.9 Å². The first kappa shape index (κ1) is 36.5. The highest BCUT2D eigenvalue weighted by molar-refractivity contribution is 7.92. The van der Waals surface area contributed by atoms with Gasteiger partial charge in [-0.3, -0.25) is 0 Å². The second-order valence-corrected chi connectivity index (χ2v) is 14.2. The van der Waals surface area contributed by atoms with Crippen LogP contribution in [0.5, 0.6) is 0 Å². The smallest absolute Gasteiger partial charge is 0.349 e. The predicted molar refractivity (Wildman–Crippen MR) is 157 cm³/mol. The summed E-state index contributed by atoms with van der Waals surface area (Å²) < 4.78 is 160. The Morgan fingerprint density at radius 2 is 1.33 bits per heavy atom. The number of carbonyl (C=O) groups excluding carboxylic acids is 1. The van der Waals surface area contributed by atoms with Gasteiger partial charge < -0.3 is 19.4 Å². The molecule has 0 N–H and O–H groups in total. The van der Waals surface area contributed by atoms with Gasteiger partial charge >= 0.3 is 18.4 Å². The fourth-order valence-electron chi connectivity index (χ4n) is 6.19. The summed E-state index contributed by atoms with van der Waals surface area (Å²) in [4.78, 5) is 17.8. The Hall–Kier alpha value is -3.83. The van der Waals surface area contributed by atoms with Crippen molar-refractivity contribution in [1.29, 1.82) is 0 Å². The van der Waals surface area contributed by atoms with Crippen molar-refractivity contribution in [2.45, 2.75) is 40.6 Å². The molecule has 0 unspecified atom stereocenters. The molecule has 0 radical (unpaired) electrons. The largest absolute Gasteiger partial charge is 0.430 e. The van der Waals surface area contributed by atoms with E-state index >= 15 is 0 Å². The fraction of sp³-hybridized carbons (Fsp3) is 0.406. The maximum absolute atomic E-state index is 14.5. The van der Waals surface area contributed by atoms with Gasteiger partial charge in [0.15, 0.2) is 9.84 Å². The average Bonchev–Trinajstić information content (AvgIpc) is 3.49. The van der Waals surface area contributed by atoms with Gasteiger partial charge in [-0.2, -0.15) is 26.3 Å². The summed E-state index contributed by atoms with van der Waals surface area (Å²) in [5, 5.41) is 0. The number of sulfone groups is 1. The second kappa shape index (κ2) is 13.1. The average molecular weight is 724 g/mol. The topological polar surface area (TPSA) is 70.2 Å². The minimum atomic E-state index is -6.22. The van der Waals surface area contributed by atoms with Crippen molar-refractivity contribution in [3.05, 3.63) is 101 Å². The molecule has 0 saturated carbocycles. The Morgan fingerprint density at radius 1 is 0.776 bits per heavy atom. The van der Waals surface area contributed by atoms with E-state index < -0.39 is 80.3 Å². The number of piperazine rings is 1. The monoisotopic (exact) mass is 723 g/mol. The van der Waals surface area contributed by atoms with Gasteiger partial charge in [0.1, 0.15) is 22.2 Å². The maximum atomic E-state index is 14.5. The number of nitrogens with zero attached hydrogens (tertiary/aromatic N) is 3. The zero-order valence-corrected chi connectivity index (χ0v) is 26.6. The van der Waals surface area contributed by atoms with E-state index in [2.05, 4.69) is 4.74 Å². The minimum Gasteiger partial charge on any atom is -0.349 e. The Morgan fingerprint density at radius 3 is 1.86 bits per heavy atom. The van der Waals surface area contributed by atoms with Gasteiger partial charge in [0.05, 0.1) is 11.5 Å². The molecule has 266 valence electrons. The van der Waals surface area contributed by atoms with Crippen LogP contribution >= 0.6 is 0 Å². The first-order valence-electron chi connectivity index (χ1n) is 14.9. The van der Waals surface area contributed by atoms with Crippen LogP contribution in [0.1, 0.15) is 23.1 Å². The summed E-state index contributed by atoms with van der Waals surface area (Å²) in [5.41, 5.74) is -8.04. The van der Waals surface area contributed by atoms with E-state index in [1.165, 1.54) is 9.80 Å². The van der Waals surface area contributed by atoms with Gasteiger partial charge in [-0.15, -0.1) is 0 Å². The quantitative estimate of drug-likeness (QED) is 0.209. The summed E-state index contributed by atoms with van der Waals surface area (Å²) >= 11 is 0. The number of benzene rings is 3. The highest BCUT2D eigenvalue weighted by Crippen LogP contribution is 2.54. The summed E-state index contributed by atoms with van der Waals surface area (Å²) in [5.74, 6) is -3.63. The number of rotatable bonds is 7. The van der Waals surface area contributed by atoms with Gasteiger partial charge in [-0.05, 0) is 55.4 Å². The predicted octanol–water partition coefficient (Wildman–Crippen LogP) is 6.38. The van der Waals surface area contributed by atoms with Crippen LogP contribution in [0, 0.1) is 17.5 Å². The zero-order chi connectivity index (χ0) is 36.0. The SMILES string of the molecule is CN1CCN(C(=O)N2CC[C@@](c3ccc(C(OCc4c(F)cccc4F)(C(F)(F)F)C(F)(F)F)cc3)(S(=O)(=O)c3ccc(F)cc3)C2)CC1. The van der Waals surface area contributed by atoms with Crippen LogP contribution in [0.4, 0.5) is 44.3 Å². The molecule has 5 rings (SSSR count). The Bertz CT molecular complexity index is 1740. The first-order chi connectivity index (χ1) is 22.8. The molecule has 2 aliphatic heterocycles. The number of amides is 2. The van der Waals surface area contributed by atoms with Crippen molar-refractivity contribution in [2.75, 3.05) is 46.3 Å². The number of hydrogen-bond acceptors (Lipinski definition) is 5. The molecule has 49 heavy (non-hydrogen) atoms. The van der Waals surface area contributed by atoms with Crippen molar-refractivity contribution in [2.24, 2.45) is 0 Å². The van der Waals surface area contributed by atoms with E-state index in [4.69, 9.17) is 0 Å². The molecular formula is C32H30F9N3O4S. The van der Waals surface area contributed by atoms with Crippen LogP contribution in [-0.2, 0) is 31.5 Å². The van der Waals surface area contributed by atoms with Gasteiger partial charge in [-0.1, -0.05) is 30.3 Å². The molecule has 2 amide bonds. The summed E-state index contributed by atoms with van der Waals surface area (Å²) in [7, 11) is -2.73. The molecule has 0 aliphatic carbocycles. The third kappa shape index (κ3) is 6.47. The molecule has 2 heterocycles. The van der Waals surface area contributed by atoms with Crippen LogP contribution in [-0.4, -0.2) is 87.8 Å². The molecule has 3 aromatic rings. The zero-order valence-electron chi connectivity index (χ0n) is 25.8. The fourth-order valence-corrected chi connectivity index (χ4v) is 8.26. The number of likely N-dealkylation sites (tertiary alicyclic amines) is 1. The standard InChI is InChI=1S/C32H30F9N3O4S/c1-42-15-17-43(18-16-42)28(45)44-14-13-29(20-44,49(46,47)24-11-9-23(33)10-12-24)21-5-7-22(8-6-21)30(31(36,37)38,32(39,40)41)48-19-25-26(34)3-2-4-27(25)35/h2-12H,13-20H2,1H3/t29-/m1/s1. The molecule has 1 atom stereocenters. The van der Waals surface area contributed by atoms with E-state index in [0.29, 0.717) is 50.4 Å². The lowest BCUT2D eigenvalue weighted by Crippen LogP contribution is -2.56. The normalized spacial score (nSPS) is 19.8. The van der Waals surface area contributed by atoms with Crippen LogP contribution < -0.4 is 0 Å². The third-order valence-electron chi connectivity index (χ3n) is 9.03. The van der Waals surface area contributed by atoms with Crippen LogP contribution in [0.3, 0.4) is 0 Å². The van der Waals surface area contributed by atoms with Crippen molar-refractivity contribution in [3.8, 4) is 0 Å². The number of urea groups is 1. The van der Waals surface area contributed by atoms with Gasteiger partial charge in [0.25, 0.3) is 5.60 Å². The Balaban J connectivity index is 1.58. The highest BCUT2D eigenvalue weighted by atomic mass is 32.2. The van der Waals surface area contributed by atoms with E-state index in [9.17, 15) is 52.7 Å². The van der Waals surface area contributed by atoms with Gasteiger partial charge in [0, 0.05) is 50.4 Å². The number of alkyl halides is 6. The van der Waals surface area contributed by atoms with Crippen LogP contribution in [0.25, 0.3) is 0 Å². The molecule has 3 aromatic carbocycles. The number of ether oxygens (including phenoxy) is 1. The van der Waals surface area contributed by atoms with Crippen LogP contribution in [0.15, 0.2) is 71.6 Å². The number of hydrogen-bond donors (Lipinski definition) is 0. The molecular weight excluding hydrogens is 693 g/mol.